The van der Waals surface area contributed by atoms with E-state index >= 15 is 0 Å². The average Bonchev–Trinajstić information content (AvgIpc) is 2.46. The van der Waals surface area contributed by atoms with E-state index in [4.69, 9.17) is 10.5 Å². The smallest absolute Gasteiger partial charge is 0.373 e. The van der Waals surface area contributed by atoms with E-state index in [0.717, 1.165) is 12.1 Å². The third-order valence-corrected chi connectivity index (χ3v) is 3.47. The number of hydrogen-bond donors (Lipinski definition) is 1. The molecule has 0 aromatic heterocycles. The number of nitrogens with zero attached hydrogens (tertiary/aromatic N) is 1. The summed E-state index contributed by atoms with van der Waals surface area (Å²) in [5.74, 6) is -0.435. The SMILES string of the molecule is CC1COC(CN)CN1C(=O)c1cccc(C(F)(F)F)c1. The van der Waals surface area contributed by atoms with Crippen LogP contribution in [-0.2, 0) is 10.9 Å². The van der Waals surface area contributed by atoms with Gasteiger partial charge in [0, 0.05) is 18.7 Å². The first-order valence-electron chi connectivity index (χ1n) is 6.63. The summed E-state index contributed by atoms with van der Waals surface area (Å²) >= 11 is 0. The van der Waals surface area contributed by atoms with Crippen molar-refractivity contribution in [3.8, 4) is 0 Å². The van der Waals surface area contributed by atoms with E-state index in [1.807, 2.05) is 0 Å². The van der Waals surface area contributed by atoms with Crippen molar-refractivity contribution in [1.82, 2.24) is 4.90 Å². The molecule has 1 aliphatic rings. The summed E-state index contributed by atoms with van der Waals surface area (Å²) in [6.07, 6.45) is -4.75. The van der Waals surface area contributed by atoms with E-state index in [1.54, 1.807) is 6.92 Å². The maximum Gasteiger partial charge on any atom is 0.416 e. The molecule has 1 saturated heterocycles. The molecule has 2 atom stereocenters. The normalized spacial score (nSPS) is 23.2. The van der Waals surface area contributed by atoms with Crippen molar-refractivity contribution < 1.29 is 22.7 Å². The Balaban J connectivity index is 2.23. The average molecular weight is 302 g/mol. The van der Waals surface area contributed by atoms with E-state index in [9.17, 15) is 18.0 Å². The Morgan fingerprint density at radius 2 is 2.19 bits per heavy atom. The van der Waals surface area contributed by atoms with Gasteiger partial charge in [-0.05, 0) is 25.1 Å². The summed E-state index contributed by atoms with van der Waals surface area (Å²) in [4.78, 5) is 13.9. The van der Waals surface area contributed by atoms with Crippen molar-refractivity contribution in [1.29, 1.82) is 0 Å². The fourth-order valence-corrected chi connectivity index (χ4v) is 2.24. The lowest BCUT2D eigenvalue weighted by atomic mass is 10.1. The fourth-order valence-electron chi connectivity index (χ4n) is 2.24. The van der Waals surface area contributed by atoms with Gasteiger partial charge < -0.3 is 15.4 Å². The highest BCUT2D eigenvalue weighted by atomic mass is 19.4. The van der Waals surface area contributed by atoms with Gasteiger partial charge in [0.05, 0.1) is 24.3 Å². The number of hydrogen-bond acceptors (Lipinski definition) is 3. The lowest BCUT2D eigenvalue weighted by molar-refractivity contribution is -0.137. The van der Waals surface area contributed by atoms with Crippen molar-refractivity contribution >= 4 is 5.91 Å². The second kappa shape index (κ2) is 6.03. The zero-order chi connectivity index (χ0) is 15.6. The van der Waals surface area contributed by atoms with Gasteiger partial charge in [-0.3, -0.25) is 4.79 Å². The molecule has 0 spiro atoms. The Hall–Kier alpha value is -1.60. The van der Waals surface area contributed by atoms with Gasteiger partial charge in [-0.15, -0.1) is 0 Å². The lowest BCUT2D eigenvalue weighted by Crippen LogP contribution is -2.52. The van der Waals surface area contributed by atoms with Crippen molar-refractivity contribution in [3.63, 3.8) is 0 Å². The molecular weight excluding hydrogens is 285 g/mol. The third-order valence-electron chi connectivity index (χ3n) is 3.47. The van der Waals surface area contributed by atoms with Crippen molar-refractivity contribution in [2.75, 3.05) is 19.7 Å². The molecule has 2 unspecified atom stereocenters. The predicted molar refractivity (Wildman–Crippen MR) is 70.7 cm³/mol. The molecule has 7 heteroatoms. The van der Waals surface area contributed by atoms with Crippen LogP contribution in [0, 0.1) is 0 Å². The number of rotatable bonds is 2. The summed E-state index contributed by atoms with van der Waals surface area (Å²) in [5.41, 5.74) is 4.71. The number of benzene rings is 1. The van der Waals surface area contributed by atoms with Gasteiger partial charge in [-0.1, -0.05) is 6.07 Å². The zero-order valence-corrected chi connectivity index (χ0v) is 11.6. The highest BCUT2D eigenvalue weighted by molar-refractivity contribution is 5.94. The van der Waals surface area contributed by atoms with E-state index < -0.39 is 17.6 Å². The molecule has 0 aliphatic carbocycles. The molecule has 116 valence electrons. The quantitative estimate of drug-likeness (QED) is 0.907. The summed E-state index contributed by atoms with van der Waals surface area (Å²) < 4.78 is 43.6. The van der Waals surface area contributed by atoms with Crippen LogP contribution in [0.15, 0.2) is 24.3 Å². The molecule has 21 heavy (non-hydrogen) atoms. The largest absolute Gasteiger partial charge is 0.416 e. The highest BCUT2D eigenvalue weighted by Crippen LogP contribution is 2.30. The Morgan fingerprint density at radius 3 is 2.81 bits per heavy atom. The van der Waals surface area contributed by atoms with Gasteiger partial charge in [0.2, 0.25) is 0 Å². The van der Waals surface area contributed by atoms with Crippen molar-refractivity contribution in [3.05, 3.63) is 35.4 Å². The maximum absolute atomic E-state index is 12.7. The van der Waals surface area contributed by atoms with Gasteiger partial charge in [0.25, 0.3) is 5.91 Å². The van der Waals surface area contributed by atoms with Crippen LogP contribution in [0.2, 0.25) is 0 Å². The second-order valence-corrected chi connectivity index (χ2v) is 5.08. The van der Waals surface area contributed by atoms with Crippen molar-refractivity contribution in [2.45, 2.75) is 25.2 Å². The van der Waals surface area contributed by atoms with Crippen molar-refractivity contribution in [2.24, 2.45) is 5.73 Å². The van der Waals surface area contributed by atoms with E-state index in [2.05, 4.69) is 0 Å². The van der Waals surface area contributed by atoms with Crippen LogP contribution >= 0.6 is 0 Å². The fraction of sp³-hybridized carbons (Fsp3) is 0.500. The molecule has 1 amide bonds. The number of halogens is 3. The molecule has 1 aromatic carbocycles. The van der Waals surface area contributed by atoms with Gasteiger partial charge in [0.1, 0.15) is 0 Å². The van der Waals surface area contributed by atoms with Crippen LogP contribution in [0.3, 0.4) is 0 Å². The molecular formula is C14H17F3N2O2. The number of nitrogens with two attached hydrogens (primary N) is 1. The van der Waals surface area contributed by atoms with Gasteiger partial charge in [0.15, 0.2) is 0 Å². The summed E-state index contributed by atoms with van der Waals surface area (Å²) in [6, 6.07) is 4.25. The van der Waals surface area contributed by atoms with E-state index in [-0.39, 0.29) is 30.8 Å². The van der Waals surface area contributed by atoms with E-state index in [1.165, 1.54) is 17.0 Å². The number of morpholine rings is 1. The first-order valence-corrected chi connectivity index (χ1v) is 6.63. The molecule has 1 fully saturated rings. The first kappa shape index (κ1) is 15.8. The Labute approximate surface area is 120 Å². The first-order chi connectivity index (χ1) is 9.82. The third kappa shape index (κ3) is 3.54. The molecule has 0 saturated carbocycles. The minimum absolute atomic E-state index is 0.0225. The second-order valence-electron chi connectivity index (χ2n) is 5.08. The van der Waals surface area contributed by atoms with Crippen LogP contribution in [-0.4, -0.2) is 42.6 Å². The number of amides is 1. The maximum atomic E-state index is 12.7. The number of alkyl halides is 3. The van der Waals surface area contributed by atoms with Gasteiger partial charge in [-0.25, -0.2) is 0 Å². The Morgan fingerprint density at radius 1 is 1.48 bits per heavy atom. The minimum atomic E-state index is -4.47. The molecule has 2 N–H and O–H groups in total. The number of carbonyl (C=O) groups excluding carboxylic acids is 1. The predicted octanol–water partition coefficient (Wildman–Crippen LogP) is 1.89. The summed E-state index contributed by atoms with van der Waals surface area (Å²) in [6.45, 7) is 2.66. The molecule has 0 bridgehead atoms. The van der Waals surface area contributed by atoms with Crippen LogP contribution in [0.5, 0.6) is 0 Å². The highest BCUT2D eigenvalue weighted by Gasteiger charge is 2.33. The van der Waals surface area contributed by atoms with Crippen LogP contribution in [0.4, 0.5) is 13.2 Å². The Bertz CT molecular complexity index is 519. The van der Waals surface area contributed by atoms with E-state index in [0.29, 0.717) is 6.61 Å². The standard InChI is InChI=1S/C14H17F3N2O2/c1-9-8-21-12(6-18)7-19(9)13(20)10-3-2-4-11(5-10)14(15,16)17/h2-5,9,12H,6-8,18H2,1H3. The molecule has 1 aliphatic heterocycles. The Kier molecular flexibility index (Phi) is 4.53. The van der Waals surface area contributed by atoms with Gasteiger partial charge in [-0.2, -0.15) is 13.2 Å². The van der Waals surface area contributed by atoms with Crippen LogP contribution in [0.25, 0.3) is 0 Å². The molecule has 4 nitrogen and oxygen atoms in total. The minimum Gasteiger partial charge on any atom is -0.373 e. The van der Waals surface area contributed by atoms with Gasteiger partial charge >= 0.3 is 6.18 Å². The topological polar surface area (TPSA) is 55.6 Å². The van der Waals surface area contributed by atoms with Crippen LogP contribution < -0.4 is 5.73 Å². The lowest BCUT2D eigenvalue weighted by Gasteiger charge is -2.37. The molecule has 0 radical (unpaired) electrons. The monoisotopic (exact) mass is 302 g/mol. The summed E-state index contributed by atoms with van der Waals surface area (Å²) in [7, 11) is 0. The zero-order valence-electron chi connectivity index (χ0n) is 11.6. The number of carbonyl (C=O) groups is 1. The molecule has 2 rings (SSSR count). The number of ether oxygens (including phenoxy) is 1. The molecule has 1 aromatic rings. The molecule has 1 heterocycles. The summed E-state index contributed by atoms with van der Waals surface area (Å²) in [5, 5.41) is 0. The van der Waals surface area contributed by atoms with Crippen LogP contribution in [0.1, 0.15) is 22.8 Å².